The first-order valence-corrected chi connectivity index (χ1v) is 6.30. The Morgan fingerprint density at radius 3 is 2.71 bits per heavy atom. The van der Waals surface area contributed by atoms with Crippen LogP contribution in [0.25, 0.3) is 11.0 Å². The molecule has 0 aliphatic carbocycles. The largest absolute Gasteiger partial charge is 0.475 e. The third-order valence-electron chi connectivity index (χ3n) is 2.98. The van der Waals surface area contributed by atoms with Crippen LogP contribution < -0.4 is 5.32 Å². The van der Waals surface area contributed by atoms with E-state index >= 15 is 0 Å². The van der Waals surface area contributed by atoms with Crippen molar-refractivity contribution in [2.75, 3.05) is 0 Å². The average Bonchev–Trinajstić information content (AvgIpc) is 2.77. The zero-order valence-corrected chi connectivity index (χ0v) is 11.2. The molecule has 0 radical (unpaired) electrons. The van der Waals surface area contributed by atoms with Gasteiger partial charge in [-0.2, -0.15) is 13.2 Å². The van der Waals surface area contributed by atoms with E-state index in [0.29, 0.717) is 11.0 Å². The van der Waals surface area contributed by atoms with E-state index in [9.17, 15) is 18.0 Å². The number of fused-ring (bicyclic) bond motifs is 1. The molecule has 1 aromatic carbocycles. The van der Waals surface area contributed by atoms with Crippen molar-refractivity contribution in [1.29, 1.82) is 0 Å². The number of nitrogens with one attached hydrogen (secondary N) is 1. The predicted octanol–water partition coefficient (Wildman–Crippen LogP) is 3.56. The number of carboxylic acids is 1. The highest BCUT2D eigenvalue weighted by Gasteiger charge is 2.29. The lowest BCUT2D eigenvalue weighted by Crippen LogP contribution is -2.30. The van der Waals surface area contributed by atoms with Crippen LogP contribution in [0.4, 0.5) is 13.2 Å². The summed E-state index contributed by atoms with van der Waals surface area (Å²) >= 11 is 0. The summed E-state index contributed by atoms with van der Waals surface area (Å²) in [6.45, 7) is 1.73. The fraction of sp³-hybridized carbons (Fsp3) is 0.357. The van der Waals surface area contributed by atoms with Crippen molar-refractivity contribution in [3.63, 3.8) is 0 Å². The molecule has 0 spiro atoms. The van der Waals surface area contributed by atoms with Gasteiger partial charge in [-0.1, -0.05) is 6.07 Å². The van der Waals surface area contributed by atoms with Crippen molar-refractivity contribution in [3.05, 3.63) is 35.6 Å². The molecule has 0 amide bonds. The van der Waals surface area contributed by atoms with E-state index in [1.807, 2.05) is 0 Å². The minimum absolute atomic E-state index is 0.166. The second kappa shape index (κ2) is 5.77. The molecule has 2 rings (SSSR count). The Morgan fingerprint density at radius 2 is 2.10 bits per heavy atom. The van der Waals surface area contributed by atoms with Crippen molar-refractivity contribution in [3.8, 4) is 0 Å². The molecule has 0 aliphatic rings. The standard InChI is InChI=1S/C14H14F3NO3/c1-8(6-14(15,16)17)18-7-9-2-3-11-10(4-9)5-12(21-11)13(19)20/h2-5,8,18H,6-7H2,1H3,(H,19,20). The fourth-order valence-electron chi connectivity index (χ4n) is 2.02. The molecule has 0 saturated carbocycles. The summed E-state index contributed by atoms with van der Waals surface area (Å²) in [7, 11) is 0. The molecule has 7 heteroatoms. The van der Waals surface area contributed by atoms with E-state index in [1.165, 1.54) is 13.0 Å². The molecule has 4 nitrogen and oxygen atoms in total. The van der Waals surface area contributed by atoms with Crippen LogP contribution in [0, 0.1) is 0 Å². The Labute approximate surface area is 118 Å². The maximum atomic E-state index is 12.2. The first-order chi connectivity index (χ1) is 9.74. The van der Waals surface area contributed by atoms with Crippen LogP contribution in [-0.2, 0) is 6.54 Å². The zero-order valence-electron chi connectivity index (χ0n) is 11.2. The van der Waals surface area contributed by atoms with Gasteiger partial charge in [-0.05, 0) is 30.7 Å². The third kappa shape index (κ3) is 4.22. The summed E-state index contributed by atoms with van der Waals surface area (Å²) in [5, 5.41) is 12.2. The number of hydrogen-bond acceptors (Lipinski definition) is 3. The first-order valence-electron chi connectivity index (χ1n) is 6.30. The molecular formula is C14H14F3NO3. The Bertz CT molecular complexity index is 648. The monoisotopic (exact) mass is 301 g/mol. The number of halogens is 3. The lowest BCUT2D eigenvalue weighted by molar-refractivity contribution is -0.139. The van der Waals surface area contributed by atoms with E-state index in [0.717, 1.165) is 5.56 Å². The number of carboxylic acid groups (broad SMARTS) is 1. The van der Waals surface area contributed by atoms with Gasteiger partial charge in [-0.25, -0.2) is 4.79 Å². The smallest absolute Gasteiger partial charge is 0.390 e. The highest BCUT2D eigenvalue weighted by Crippen LogP contribution is 2.23. The van der Waals surface area contributed by atoms with E-state index < -0.39 is 24.6 Å². The van der Waals surface area contributed by atoms with Crippen LogP contribution in [0.1, 0.15) is 29.5 Å². The first kappa shape index (κ1) is 15.4. The van der Waals surface area contributed by atoms with Gasteiger partial charge in [0.15, 0.2) is 0 Å². The Kier molecular flexibility index (Phi) is 4.22. The summed E-state index contributed by atoms with van der Waals surface area (Å²) in [4.78, 5) is 10.8. The van der Waals surface area contributed by atoms with Crippen molar-refractivity contribution in [2.45, 2.75) is 32.1 Å². The SMILES string of the molecule is CC(CC(F)(F)F)NCc1ccc2oc(C(=O)O)cc2c1. The molecule has 0 saturated heterocycles. The number of alkyl halides is 3. The van der Waals surface area contributed by atoms with Crippen molar-refractivity contribution in [2.24, 2.45) is 0 Å². The predicted molar refractivity (Wildman–Crippen MR) is 70.1 cm³/mol. The van der Waals surface area contributed by atoms with Crippen molar-refractivity contribution in [1.82, 2.24) is 5.32 Å². The molecule has 1 atom stereocenters. The van der Waals surface area contributed by atoms with Gasteiger partial charge in [0.2, 0.25) is 5.76 Å². The molecule has 0 bridgehead atoms. The zero-order chi connectivity index (χ0) is 15.6. The topological polar surface area (TPSA) is 62.5 Å². The maximum absolute atomic E-state index is 12.2. The van der Waals surface area contributed by atoms with Gasteiger partial charge in [-0.15, -0.1) is 0 Å². The number of benzene rings is 1. The Hall–Kier alpha value is -2.02. The summed E-state index contributed by atoms with van der Waals surface area (Å²) in [5.74, 6) is -1.33. The lowest BCUT2D eigenvalue weighted by atomic mass is 10.1. The summed E-state index contributed by atoms with van der Waals surface area (Å²) in [6, 6.07) is 5.68. The van der Waals surface area contributed by atoms with Gasteiger partial charge in [0, 0.05) is 18.0 Å². The highest BCUT2D eigenvalue weighted by molar-refractivity contribution is 5.91. The van der Waals surface area contributed by atoms with Gasteiger partial charge in [-0.3, -0.25) is 0 Å². The minimum atomic E-state index is -4.20. The molecule has 2 N–H and O–H groups in total. The van der Waals surface area contributed by atoms with Crippen LogP contribution >= 0.6 is 0 Å². The molecular weight excluding hydrogens is 287 g/mol. The summed E-state index contributed by atoms with van der Waals surface area (Å²) in [5.41, 5.74) is 1.19. The van der Waals surface area contributed by atoms with Crippen LogP contribution in [0.5, 0.6) is 0 Å². The van der Waals surface area contributed by atoms with Crippen LogP contribution in [0.2, 0.25) is 0 Å². The number of hydrogen-bond donors (Lipinski definition) is 2. The average molecular weight is 301 g/mol. The number of rotatable bonds is 5. The molecule has 0 aliphatic heterocycles. The quantitative estimate of drug-likeness (QED) is 0.886. The number of aromatic carboxylic acids is 1. The van der Waals surface area contributed by atoms with Gasteiger partial charge in [0.05, 0.1) is 6.42 Å². The van der Waals surface area contributed by atoms with E-state index in [4.69, 9.17) is 9.52 Å². The van der Waals surface area contributed by atoms with Crippen molar-refractivity contribution >= 4 is 16.9 Å². The molecule has 114 valence electrons. The van der Waals surface area contributed by atoms with Crippen LogP contribution in [0.3, 0.4) is 0 Å². The molecule has 21 heavy (non-hydrogen) atoms. The normalized spacial score (nSPS) is 13.5. The second-order valence-corrected chi connectivity index (χ2v) is 4.89. The van der Waals surface area contributed by atoms with Gasteiger partial charge < -0.3 is 14.8 Å². The van der Waals surface area contributed by atoms with E-state index in [2.05, 4.69) is 5.32 Å². The van der Waals surface area contributed by atoms with Gasteiger partial charge in [0.1, 0.15) is 5.58 Å². The third-order valence-corrected chi connectivity index (χ3v) is 2.98. The second-order valence-electron chi connectivity index (χ2n) is 4.89. The highest BCUT2D eigenvalue weighted by atomic mass is 19.4. The Balaban J connectivity index is 2.04. The van der Waals surface area contributed by atoms with Gasteiger partial charge >= 0.3 is 12.1 Å². The van der Waals surface area contributed by atoms with Crippen molar-refractivity contribution < 1.29 is 27.5 Å². The Morgan fingerprint density at radius 1 is 1.38 bits per heavy atom. The fourth-order valence-corrected chi connectivity index (χ4v) is 2.02. The molecule has 0 fully saturated rings. The lowest BCUT2D eigenvalue weighted by Gasteiger charge is -2.15. The molecule has 1 heterocycles. The molecule has 1 aromatic heterocycles. The van der Waals surface area contributed by atoms with Crippen LogP contribution in [0.15, 0.2) is 28.7 Å². The van der Waals surface area contributed by atoms with E-state index in [-0.39, 0.29) is 12.3 Å². The van der Waals surface area contributed by atoms with Gasteiger partial charge in [0.25, 0.3) is 0 Å². The summed E-state index contributed by atoms with van der Waals surface area (Å²) in [6.07, 6.45) is -5.10. The molecule has 2 aromatic rings. The van der Waals surface area contributed by atoms with E-state index in [1.54, 1.807) is 18.2 Å². The number of furan rings is 1. The molecule has 1 unspecified atom stereocenters. The summed E-state index contributed by atoms with van der Waals surface area (Å²) < 4.78 is 41.7. The maximum Gasteiger partial charge on any atom is 0.390 e. The minimum Gasteiger partial charge on any atom is -0.475 e. The van der Waals surface area contributed by atoms with Crippen LogP contribution in [-0.4, -0.2) is 23.3 Å². The number of carbonyl (C=O) groups is 1.